The molecule has 0 bridgehead atoms. The van der Waals surface area contributed by atoms with E-state index >= 15 is 0 Å². The third kappa shape index (κ3) is 6.69. The first-order valence-electron chi connectivity index (χ1n) is 12.6. The summed E-state index contributed by atoms with van der Waals surface area (Å²) in [5.41, 5.74) is 4.01. The molecule has 6 rings (SSSR count). The molecule has 5 nitrogen and oxygen atoms in total. The fourth-order valence-corrected chi connectivity index (χ4v) is 7.07. The van der Waals surface area contributed by atoms with Crippen LogP contribution in [0.3, 0.4) is 0 Å². The van der Waals surface area contributed by atoms with Crippen molar-refractivity contribution >= 4 is 56.7 Å². The molecule has 9 heteroatoms. The van der Waals surface area contributed by atoms with Crippen molar-refractivity contribution in [2.24, 2.45) is 0 Å². The van der Waals surface area contributed by atoms with Crippen molar-refractivity contribution in [2.75, 3.05) is 39.3 Å². The van der Waals surface area contributed by atoms with Crippen LogP contribution in [-0.4, -0.2) is 61.3 Å². The molecule has 3 atom stereocenters. The van der Waals surface area contributed by atoms with Crippen LogP contribution in [0.1, 0.15) is 22.7 Å². The van der Waals surface area contributed by atoms with Gasteiger partial charge in [-0.2, -0.15) is 0 Å². The van der Waals surface area contributed by atoms with Crippen molar-refractivity contribution in [1.29, 1.82) is 0 Å². The van der Waals surface area contributed by atoms with Crippen molar-refractivity contribution in [3.8, 4) is 11.5 Å². The molecule has 3 aliphatic rings. The first kappa shape index (κ1) is 29.7. The van der Waals surface area contributed by atoms with Crippen molar-refractivity contribution in [3.05, 3.63) is 92.4 Å². The van der Waals surface area contributed by atoms with Gasteiger partial charge in [0, 0.05) is 48.1 Å². The van der Waals surface area contributed by atoms with Crippen LogP contribution in [0.5, 0.6) is 11.5 Å². The van der Waals surface area contributed by atoms with Gasteiger partial charge in [0.2, 0.25) is 0 Å². The maximum atomic E-state index is 6.60. The normalized spacial score (nSPS) is 22.7. The number of hydrogen-bond donors (Lipinski definition) is 0. The number of para-hydroxylation sites is 2. The Hall–Kier alpha value is -1.32. The Morgan fingerprint density at radius 2 is 1.53 bits per heavy atom. The second kappa shape index (κ2) is 13.4. The molecule has 3 aromatic rings. The van der Waals surface area contributed by atoms with E-state index in [1.165, 1.54) is 16.7 Å². The minimum Gasteiger partial charge on any atom is -0.486 e. The van der Waals surface area contributed by atoms with Gasteiger partial charge < -0.3 is 14.2 Å². The van der Waals surface area contributed by atoms with E-state index in [1.807, 2.05) is 24.3 Å². The van der Waals surface area contributed by atoms with Gasteiger partial charge in [-0.25, -0.2) is 0 Å². The lowest BCUT2D eigenvalue weighted by molar-refractivity contribution is -0.0335. The van der Waals surface area contributed by atoms with Gasteiger partial charge in [-0.05, 0) is 47.0 Å². The van der Waals surface area contributed by atoms with Crippen LogP contribution in [0.25, 0.3) is 0 Å². The number of hydrogen-bond acceptors (Lipinski definition) is 5. The van der Waals surface area contributed by atoms with E-state index in [1.54, 1.807) is 0 Å². The number of nitrogens with zero attached hydrogens (tertiary/aromatic N) is 2. The van der Waals surface area contributed by atoms with E-state index in [9.17, 15) is 0 Å². The van der Waals surface area contributed by atoms with Crippen LogP contribution in [-0.2, 0) is 17.8 Å². The van der Waals surface area contributed by atoms with E-state index in [-0.39, 0.29) is 37.0 Å². The number of halogens is 4. The van der Waals surface area contributed by atoms with Crippen LogP contribution in [0.2, 0.25) is 0 Å². The molecule has 1 saturated heterocycles. The Morgan fingerprint density at radius 3 is 2.29 bits per heavy atom. The maximum Gasteiger partial charge on any atom is 0.161 e. The topological polar surface area (TPSA) is 34.2 Å². The van der Waals surface area contributed by atoms with Crippen LogP contribution >= 0.6 is 56.7 Å². The van der Waals surface area contributed by atoms with Gasteiger partial charge in [0.1, 0.15) is 12.7 Å². The molecular weight excluding hydrogens is 655 g/mol. The molecule has 0 radical (unpaired) electrons. The summed E-state index contributed by atoms with van der Waals surface area (Å²) in [4.78, 5) is 5.13. The molecule has 0 spiro atoms. The summed E-state index contributed by atoms with van der Waals surface area (Å²) in [7, 11) is 0. The highest BCUT2D eigenvalue weighted by Gasteiger charge is 2.38. The minimum atomic E-state index is 0. The summed E-state index contributed by atoms with van der Waals surface area (Å²) in [6, 6.07) is 23.4. The predicted octanol–water partition coefficient (Wildman–Crippen LogP) is 6.70. The Balaban J connectivity index is 0.00000168. The summed E-state index contributed by atoms with van der Waals surface area (Å²) in [5.74, 6) is 1.70. The second-order valence-electron chi connectivity index (χ2n) is 9.81. The maximum absolute atomic E-state index is 6.60. The number of piperazine rings is 1. The van der Waals surface area contributed by atoms with Crippen LogP contribution in [0.4, 0.5) is 0 Å². The predicted molar refractivity (Wildman–Crippen MR) is 162 cm³/mol. The number of benzene rings is 3. The summed E-state index contributed by atoms with van der Waals surface area (Å²) in [5, 5.41) is 0. The first-order chi connectivity index (χ1) is 17.6. The quantitative estimate of drug-likeness (QED) is 0.289. The van der Waals surface area contributed by atoms with Gasteiger partial charge in [-0.1, -0.05) is 68.3 Å². The molecular formula is C29H32Br2Cl2N2O3. The lowest BCUT2D eigenvalue weighted by Crippen LogP contribution is -2.52. The van der Waals surface area contributed by atoms with Crippen molar-refractivity contribution < 1.29 is 14.2 Å². The van der Waals surface area contributed by atoms with Crippen molar-refractivity contribution in [3.63, 3.8) is 0 Å². The zero-order valence-corrected chi connectivity index (χ0v) is 25.7. The third-order valence-electron chi connectivity index (χ3n) is 7.36. The average Bonchev–Trinajstić information content (AvgIpc) is 3.26. The molecule has 3 aromatic carbocycles. The zero-order valence-electron chi connectivity index (χ0n) is 20.9. The molecule has 2 unspecified atom stereocenters. The van der Waals surface area contributed by atoms with Crippen molar-refractivity contribution in [1.82, 2.24) is 9.80 Å². The Bertz CT molecular complexity index is 1210. The molecule has 0 amide bonds. The summed E-state index contributed by atoms with van der Waals surface area (Å²) < 4.78 is 20.9. The largest absolute Gasteiger partial charge is 0.486 e. The molecule has 0 N–H and O–H groups in total. The van der Waals surface area contributed by atoms with Gasteiger partial charge in [0.15, 0.2) is 11.5 Å². The van der Waals surface area contributed by atoms with Crippen molar-refractivity contribution in [2.45, 2.75) is 31.3 Å². The van der Waals surface area contributed by atoms with Gasteiger partial charge in [-0.3, -0.25) is 9.80 Å². The number of rotatable bonds is 6. The summed E-state index contributed by atoms with van der Waals surface area (Å²) in [6.45, 7) is 6.18. The SMILES string of the molecule is Brc1cc(Br)cc(COC2Cc3ccccc3C2N2CCN(C[C@H]3COc4ccccc4O3)CC2)c1.Cl.Cl. The second-order valence-corrected chi connectivity index (χ2v) is 11.6. The van der Waals surface area contributed by atoms with Gasteiger partial charge >= 0.3 is 0 Å². The fourth-order valence-electron chi connectivity index (χ4n) is 5.68. The molecule has 1 aliphatic carbocycles. The van der Waals surface area contributed by atoms with Gasteiger partial charge in [-0.15, -0.1) is 24.8 Å². The third-order valence-corrected chi connectivity index (χ3v) is 8.28. The highest BCUT2D eigenvalue weighted by molar-refractivity contribution is 9.11. The van der Waals surface area contributed by atoms with E-state index in [0.717, 1.165) is 59.6 Å². The van der Waals surface area contributed by atoms with Gasteiger partial charge in [0.05, 0.1) is 18.8 Å². The van der Waals surface area contributed by atoms with Crippen LogP contribution < -0.4 is 9.47 Å². The Morgan fingerprint density at radius 1 is 0.842 bits per heavy atom. The first-order valence-corrected chi connectivity index (χ1v) is 14.2. The lowest BCUT2D eigenvalue weighted by atomic mass is 10.0. The van der Waals surface area contributed by atoms with Crippen LogP contribution in [0, 0.1) is 0 Å². The highest BCUT2D eigenvalue weighted by Crippen LogP contribution is 2.39. The number of ether oxygens (including phenoxy) is 3. The highest BCUT2D eigenvalue weighted by atomic mass is 79.9. The van der Waals surface area contributed by atoms with E-state index in [2.05, 4.69) is 84.1 Å². The molecule has 2 heterocycles. The van der Waals surface area contributed by atoms with E-state index < -0.39 is 0 Å². The summed E-state index contributed by atoms with van der Waals surface area (Å²) >= 11 is 7.20. The summed E-state index contributed by atoms with van der Waals surface area (Å²) in [6.07, 6.45) is 1.18. The van der Waals surface area contributed by atoms with E-state index in [4.69, 9.17) is 14.2 Å². The molecule has 0 aromatic heterocycles. The zero-order chi connectivity index (χ0) is 24.5. The molecule has 204 valence electrons. The van der Waals surface area contributed by atoms with Crippen LogP contribution in [0.15, 0.2) is 75.7 Å². The molecule has 1 fully saturated rings. The number of fused-ring (bicyclic) bond motifs is 2. The smallest absolute Gasteiger partial charge is 0.161 e. The van der Waals surface area contributed by atoms with Gasteiger partial charge in [0.25, 0.3) is 0 Å². The minimum absolute atomic E-state index is 0. The molecule has 0 saturated carbocycles. The monoisotopic (exact) mass is 684 g/mol. The lowest BCUT2D eigenvalue weighted by Gasteiger charge is -2.41. The Kier molecular flexibility index (Phi) is 10.4. The Labute approximate surface area is 253 Å². The van der Waals surface area contributed by atoms with E-state index in [0.29, 0.717) is 19.3 Å². The molecule has 38 heavy (non-hydrogen) atoms. The standard InChI is InChI=1S/C29H30Br2N2O3.2ClH/c30-22-13-20(14-23(31)16-22)18-34-28-15-21-5-1-2-6-25(21)29(28)33-11-9-32(10-12-33)17-24-19-35-26-7-3-4-8-27(26)36-24;;/h1-8,13-14,16,24,28-29H,9-12,15,17-19H2;2*1H/t24-,28?,29?;;/m0../s1. The average molecular weight is 687 g/mol. The fraction of sp³-hybridized carbons (Fsp3) is 0.379. The molecule has 2 aliphatic heterocycles.